The lowest BCUT2D eigenvalue weighted by Gasteiger charge is -2.26. The van der Waals surface area contributed by atoms with E-state index in [9.17, 15) is 9.70 Å². The molecule has 0 saturated heterocycles. The fourth-order valence-corrected chi connectivity index (χ4v) is 2.84. The summed E-state index contributed by atoms with van der Waals surface area (Å²) in [5.74, 6) is -0.471. The third kappa shape index (κ3) is 3.88. The van der Waals surface area contributed by atoms with Crippen molar-refractivity contribution >= 4 is 5.97 Å². The molecule has 0 aliphatic heterocycles. The van der Waals surface area contributed by atoms with Crippen LogP contribution in [0.1, 0.15) is 36.8 Å². The zero-order chi connectivity index (χ0) is 13.7. The Morgan fingerprint density at radius 3 is 2.42 bits per heavy atom. The van der Waals surface area contributed by atoms with E-state index in [1.165, 1.54) is 6.42 Å². The van der Waals surface area contributed by atoms with Gasteiger partial charge >= 0.3 is 5.97 Å². The van der Waals surface area contributed by atoms with Crippen LogP contribution in [0.2, 0.25) is 0 Å². The summed E-state index contributed by atoms with van der Waals surface area (Å²) in [4.78, 5) is 21.4. The van der Waals surface area contributed by atoms with Gasteiger partial charge in [0.1, 0.15) is 0 Å². The van der Waals surface area contributed by atoms with E-state index in [1.54, 1.807) is 0 Å². The first-order valence-corrected chi connectivity index (χ1v) is 6.81. The maximum atomic E-state index is 10.8. The molecule has 1 aliphatic rings. The molecule has 1 aromatic carbocycles. The molecule has 1 saturated carbocycles. The summed E-state index contributed by atoms with van der Waals surface area (Å²) in [5, 5.41) is 12.0. The third-order valence-electron chi connectivity index (χ3n) is 3.88. The molecule has 2 atom stereocenters. The fourth-order valence-electron chi connectivity index (χ4n) is 2.84. The van der Waals surface area contributed by atoms with Gasteiger partial charge in [-0.3, -0.25) is 4.79 Å². The minimum atomic E-state index is -0.815. The second-order valence-electron chi connectivity index (χ2n) is 5.31. The van der Waals surface area contributed by atoms with Crippen LogP contribution >= 0.6 is 0 Å². The number of rotatable bonds is 5. The van der Waals surface area contributed by atoms with Crippen LogP contribution in [0.15, 0.2) is 29.4 Å². The normalized spacial score (nSPS) is 22.9. The summed E-state index contributed by atoms with van der Waals surface area (Å²) in [5.41, 5.74) is 1.97. The Hall–Kier alpha value is -1.71. The molecular weight excluding hydrogens is 242 g/mol. The highest BCUT2D eigenvalue weighted by atomic mass is 16.4. The Bertz CT molecular complexity index is 441. The van der Waals surface area contributed by atoms with Crippen molar-refractivity contribution in [1.29, 1.82) is 0 Å². The first kappa shape index (κ1) is 13.7. The van der Waals surface area contributed by atoms with Gasteiger partial charge in [-0.1, -0.05) is 42.3 Å². The SMILES string of the molecule is O=NC1CCCCC1Cc1ccc(CC(=O)O)cc1. The van der Waals surface area contributed by atoms with Crippen LogP contribution < -0.4 is 0 Å². The average Bonchev–Trinajstić information content (AvgIpc) is 2.41. The molecule has 4 nitrogen and oxygen atoms in total. The number of carbonyl (C=O) groups is 1. The van der Waals surface area contributed by atoms with E-state index in [4.69, 9.17) is 5.11 Å². The van der Waals surface area contributed by atoms with E-state index >= 15 is 0 Å². The molecule has 19 heavy (non-hydrogen) atoms. The van der Waals surface area contributed by atoms with Gasteiger partial charge in [0.2, 0.25) is 0 Å². The predicted octanol–water partition coefficient (Wildman–Crippen LogP) is 3.18. The molecule has 1 aliphatic carbocycles. The Balaban J connectivity index is 1.98. The minimum absolute atomic E-state index is 0.0487. The van der Waals surface area contributed by atoms with Gasteiger partial charge < -0.3 is 5.11 Å². The number of nitrogens with zero attached hydrogens (tertiary/aromatic N) is 1. The second-order valence-corrected chi connectivity index (χ2v) is 5.31. The first-order valence-electron chi connectivity index (χ1n) is 6.81. The second kappa shape index (κ2) is 6.45. The van der Waals surface area contributed by atoms with Crippen LogP contribution in [0.5, 0.6) is 0 Å². The predicted molar refractivity (Wildman–Crippen MR) is 73.0 cm³/mol. The monoisotopic (exact) mass is 261 g/mol. The van der Waals surface area contributed by atoms with Crippen molar-refractivity contribution < 1.29 is 9.90 Å². The summed E-state index contributed by atoms with van der Waals surface area (Å²) in [6, 6.07) is 7.60. The summed E-state index contributed by atoms with van der Waals surface area (Å²) < 4.78 is 0. The molecule has 0 radical (unpaired) electrons. The number of carboxylic acid groups (broad SMARTS) is 1. The van der Waals surface area contributed by atoms with Crippen molar-refractivity contribution in [3.05, 3.63) is 40.3 Å². The highest BCUT2D eigenvalue weighted by Gasteiger charge is 2.25. The molecule has 0 spiro atoms. The zero-order valence-electron chi connectivity index (χ0n) is 10.9. The maximum Gasteiger partial charge on any atom is 0.307 e. The fraction of sp³-hybridized carbons (Fsp3) is 0.533. The van der Waals surface area contributed by atoms with Gasteiger partial charge in [-0.2, -0.15) is 4.91 Å². The molecule has 102 valence electrons. The molecule has 0 bridgehead atoms. The van der Waals surface area contributed by atoms with Crippen LogP contribution in [-0.2, 0) is 17.6 Å². The molecule has 1 aromatic rings. The van der Waals surface area contributed by atoms with E-state index in [0.717, 1.165) is 36.8 Å². The molecule has 1 N–H and O–H groups in total. The summed E-state index contributed by atoms with van der Waals surface area (Å²) in [6.45, 7) is 0. The number of aliphatic carboxylic acids is 1. The smallest absolute Gasteiger partial charge is 0.307 e. The topological polar surface area (TPSA) is 66.7 Å². The molecule has 2 unspecified atom stereocenters. The summed E-state index contributed by atoms with van der Waals surface area (Å²) in [7, 11) is 0. The van der Waals surface area contributed by atoms with Crippen molar-refractivity contribution in [2.75, 3.05) is 0 Å². The van der Waals surface area contributed by atoms with Gasteiger partial charge in [0, 0.05) is 0 Å². The van der Waals surface area contributed by atoms with Crippen molar-refractivity contribution in [3.8, 4) is 0 Å². The van der Waals surface area contributed by atoms with E-state index in [-0.39, 0.29) is 12.5 Å². The lowest BCUT2D eigenvalue weighted by molar-refractivity contribution is -0.136. The van der Waals surface area contributed by atoms with Crippen LogP contribution in [-0.4, -0.2) is 17.1 Å². The van der Waals surface area contributed by atoms with E-state index in [2.05, 4.69) is 5.18 Å². The first-order chi connectivity index (χ1) is 9.19. The number of benzene rings is 1. The highest BCUT2D eigenvalue weighted by molar-refractivity contribution is 5.70. The Morgan fingerprint density at radius 1 is 1.16 bits per heavy atom. The van der Waals surface area contributed by atoms with Crippen LogP contribution in [0.3, 0.4) is 0 Å². The molecule has 4 heteroatoms. The molecule has 0 aromatic heterocycles. The number of nitroso groups, excluding NO2 is 1. The highest BCUT2D eigenvalue weighted by Crippen LogP contribution is 2.29. The van der Waals surface area contributed by atoms with E-state index < -0.39 is 5.97 Å². The molecule has 1 fully saturated rings. The molecule has 0 heterocycles. The van der Waals surface area contributed by atoms with Gasteiger partial charge in [0.25, 0.3) is 0 Å². The van der Waals surface area contributed by atoms with Crippen molar-refractivity contribution in [1.82, 2.24) is 0 Å². The summed E-state index contributed by atoms with van der Waals surface area (Å²) >= 11 is 0. The quantitative estimate of drug-likeness (QED) is 0.828. The van der Waals surface area contributed by atoms with Crippen LogP contribution in [0.4, 0.5) is 0 Å². The van der Waals surface area contributed by atoms with Gasteiger partial charge in [-0.25, -0.2) is 0 Å². The molecular formula is C15H19NO3. The summed E-state index contributed by atoms with van der Waals surface area (Å²) in [6.07, 6.45) is 5.17. The minimum Gasteiger partial charge on any atom is -0.481 e. The van der Waals surface area contributed by atoms with Gasteiger partial charge in [0.15, 0.2) is 0 Å². The third-order valence-corrected chi connectivity index (χ3v) is 3.88. The van der Waals surface area contributed by atoms with Crippen molar-refractivity contribution in [2.24, 2.45) is 11.1 Å². The standard InChI is InChI=1S/C15H19NO3/c17-15(18)10-12-7-5-11(6-8-12)9-13-3-1-2-4-14(13)16-19/h5-8,13-14H,1-4,9-10H2,(H,17,18). The molecule has 2 rings (SSSR count). The van der Waals surface area contributed by atoms with E-state index in [1.807, 2.05) is 24.3 Å². The van der Waals surface area contributed by atoms with Gasteiger partial charge in [-0.15, -0.1) is 0 Å². The maximum absolute atomic E-state index is 10.8. The van der Waals surface area contributed by atoms with Crippen molar-refractivity contribution in [2.45, 2.75) is 44.6 Å². The van der Waals surface area contributed by atoms with E-state index in [0.29, 0.717) is 5.92 Å². The number of hydrogen-bond acceptors (Lipinski definition) is 3. The number of hydrogen-bond donors (Lipinski definition) is 1. The molecule has 0 amide bonds. The average molecular weight is 261 g/mol. The van der Waals surface area contributed by atoms with Crippen molar-refractivity contribution in [3.63, 3.8) is 0 Å². The lowest BCUT2D eigenvalue weighted by Crippen LogP contribution is -2.24. The largest absolute Gasteiger partial charge is 0.481 e. The zero-order valence-corrected chi connectivity index (χ0v) is 10.9. The van der Waals surface area contributed by atoms with Gasteiger partial charge in [0.05, 0.1) is 12.5 Å². The van der Waals surface area contributed by atoms with Crippen LogP contribution in [0.25, 0.3) is 0 Å². The Kier molecular flexibility index (Phi) is 4.66. The Morgan fingerprint density at radius 2 is 1.79 bits per heavy atom. The van der Waals surface area contributed by atoms with Crippen LogP contribution in [0, 0.1) is 10.8 Å². The number of carboxylic acids is 1. The Labute approximate surface area is 112 Å². The lowest BCUT2D eigenvalue weighted by atomic mass is 9.81. The van der Waals surface area contributed by atoms with Gasteiger partial charge in [-0.05, 0) is 36.3 Å².